The van der Waals surface area contributed by atoms with Crippen molar-refractivity contribution >= 4 is 21.6 Å². The molecule has 0 unspecified atom stereocenters. The van der Waals surface area contributed by atoms with Gasteiger partial charge in [-0.25, -0.2) is 0 Å². The molecule has 3 rings (SSSR count). The third-order valence-corrected chi connectivity index (χ3v) is 3.49. The van der Waals surface area contributed by atoms with E-state index in [1.807, 2.05) is 24.3 Å². The van der Waals surface area contributed by atoms with Crippen LogP contribution in [0.25, 0.3) is 11.5 Å². The highest BCUT2D eigenvalue weighted by atomic mass is 79.9. The molecular formula is C14H11BrN4O. The Hall–Kier alpha value is -2.21. The van der Waals surface area contributed by atoms with Gasteiger partial charge in [-0.3, -0.25) is 4.98 Å². The van der Waals surface area contributed by atoms with Gasteiger partial charge in [-0.2, -0.15) is 4.98 Å². The lowest BCUT2D eigenvalue weighted by Crippen LogP contribution is -1.91. The van der Waals surface area contributed by atoms with Gasteiger partial charge in [0.15, 0.2) is 5.82 Å². The van der Waals surface area contributed by atoms with E-state index in [9.17, 15) is 0 Å². The van der Waals surface area contributed by atoms with Crippen LogP contribution in [-0.4, -0.2) is 15.1 Å². The molecule has 0 spiro atoms. The Morgan fingerprint density at radius 1 is 1.15 bits per heavy atom. The van der Waals surface area contributed by atoms with Crippen LogP contribution in [0.3, 0.4) is 0 Å². The van der Waals surface area contributed by atoms with E-state index in [0.717, 1.165) is 15.6 Å². The first-order valence-corrected chi connectivity index (χ1v) is 6.78. The molecule has 6 heteroatoms. The Labute approximate surface area is 124 Å². The number of anilines is 1. The molecular weight excluding hydrogens is 320 g/mol. The fourth-order valence-corrected chi connectivity index (χ4v) is 2.24. The van der Waals surface area contributed by atoms with Crippen molar-refractivity contribution < 1.29 is 4.52 Å². The molecule has 0 bridgehead atoms. The predicted molar refractivity (Wildman–Crippen MR) is 78.9 cm³/mol. The highest BCUT2D eigenvalue weighted by Crippen LogP contribution is 2.29. The Morgan fingerprint density at radius 2 is 1.95 bits per heavy atom. The fraction of sp³-hybridized carbons (Fsp3) is 0.0714. The van der Waals surface area contributed by atoms with Crippen LogP contribution in [0.15, 0.2) is 51.7 Å². The maximum absolute atomic E-state index is 5.78. The average Bonchev–Trinajstić information content (AvgIpc) is 2.91. The number of hydrogen-bond donors (Lipinski definition) is 1. The number of pyridine rings is 1. The van der Waals surface area contributed by atoms with Crippen molar-refractivity contribution in [2.24, 2.45) is 0 Å². The third-order valence-electron chi connectivity index (χ3n) is 2.80. The maximum Gasteiger partial charge on any atom is 0.259 e. The Bertz CT molecular complexity index is 727. The minimum atomic E-state index is 0.452. The van der Waals surface area contributed by atoms with Gasteiger partial charge in [-0.05, 0) is 51.8 Å². The second kappa shape index (κ2) is 5.42. The smallest absolute Gasteiger partial charge is 0.259 e. The minimum absolute atomic E-state index is 0.452. The number of hydrogen-bond acceptors (Lipinski definition) is 5. The fourth-order valence-electron chi connectivity index (χ4n) is 1.83. The van der Waals surface area contributed by atoms with Gasteiger partial charge >= 0.3 is 0 Å². The van der Waals surface area contributed by atoms with Crippen LogP contribution in [0.2, 0.25) is 0 Å². The van der Waals surface area contributed by atoms with Gasteiger partial charge in [0.05, 0.1) is 5.56 Å². The standard InChI is InChI=1S/C14H11BrN4O/c15-12-2-1-10(16)8-11(12)14-18-13(19-20-14)7-9-3-5-17-6-4-9/h1-6,8H,7,16H2. The molecule has 0 aliphatic heterocycles. The molecule has 0 aliphatic carbocycles. The van der Waals surface area contributed by atoms with E-state index in [-0.39, 0.29) is 0 Å². The molecule has 20 heavy (non-hydrogen) atoms. The van der Waals surface area contributed by atoms with Crippen LogP contribution in [0, 0.1) is 0 Å². The quantitative estimate of drug-likeness (QED) is 0.746. The van der Waals surface area contributed by atoms with Crippen molar-refractivity contribution in [3.63, 3.8) is 0 Å². The summed E-state index contributed by atoms with van der Waals surface area (Å²) in [5.74, 6) is 1.08. The van der Waals surface area contributed by atoms with Crippen LogP contribution < -0.4 is 5.73 Å². The van der Waals surface area contributed by atoms with Gasteiger partial charge in [0.1, 0.15) is 0 Å². The van der Waals surface area contributed by atoms with E-state index >= 15 is 0 Å². The highest BCUT2D eigenvalue weighted by molar-refractivity contribution is 9.10. The molecule has 100 valence electrons. The molecule has 0 aliphatic rings. The van der Waals surface area contributed by atoms with Gasteiger partial charge in [0, 0.05) is 29.0 Å². The SMILES string of the molecule is Nc1ccc(Br)c(-c2nc(Cc3ccncc3)no2)c1. The first kappa shape index (κ1) is 12.8. The summed E-state index contributed by atoms with van der Waals surface area (Å²) in [5, 5.41) is 3.99. The summed E-state index contributed by atoms with van der Waals surface area (Å²) in [4.78, 5) is 8.37. The number of rotatable bonds is 3. The van der Waals surface area contributed by atoms with Crippen molar-refractivity contribution in [2.75, 3.05) is 5.73 Å². The van der Waals surface area contributed by atoms with Gasteiger partial charge < -0.3 is 10.3 Å². The zero-order valence-corrected chi connectivity index (χ0v) is 12.0. The van der Waals surface area contributed by atoms with Crippen molar-refractivity contribution in [1.82, 2.24) is 15.1 Å². The molecule has 0 atom stereocenters. The first-order chi connectivity index (χ1) is 9.72. The zero-order valence-electron chi connectivity index (χ0n) is 10.5. The highest BCUT2D eigenvalue weighted by Gasteiger charge is 2.12. The molecule has 2 N–H and O–H groups in total. The van der Waals surface area contributed by atoms with E-state index in [2.05, 4.69) is 31.1 Å². The molecule has 0 saturated heterocycles. The van der Waals surface area contributed by atoms with Crippen LogP contribution in [0.5, 0.6) is 0 Å². The normalized spacial score (nSPS) is 10.7. The van der Waals surface area contributed by atoms with Crippen molar-refractivity contribution in [3.8, 4) is 11.5 Å². The average molecular weight is 331 g/mol. The summed E-state index contributed by atoms with van der Waals surface area (Å²) < 4.78 is 6.16. The summed E-state index contributed by atoms with van der Waals surface area (Å²) >= 11 is 3.45. The van der Waals surface area contributed by atoms with E-state index in [0.29, 0.717) is 23.8 Å². The third kappa shape index (κ3) is 2.70. The number of aromatic nitrogens is 3. The Kier molecular flexibility index (Phi) is 3.47. The minimum Gasteiger partial charge on any atom is -0.399 e. The van der Waals surface area contributed by atoms with Crippen molar-refractivity contribution in [2.45, 2.75) is 6.42 Å². The van der Waals surface area contributed by atoms with Crippen molar-refractivity contribution in [3.05, 3.63) is 58.6 Å². The van der Waals surface area contributed by atoms with Gasteiger partial charge in [0.2, 0.25) is 0 Å². The summed E-state index contributed by atoms with van der Waals surface area (Å²) in [6, 6.07) is 9.31. The monoisotopic (exact) mass is 330 g/mol. The number of nitrogens with zero attached hydrogens (tertiary/aromatic N) is 3. The largest absolute Gasteiger partial charge is 0.399 e. The van der Waals surface area contributed by atoms with Crippen LogP contribution in [0.1, 0.15) is 11.4 Å². The Morgan fingerprint density at radius 3 is 2.75 bits per heavy atom. The lowest BCUT2D eigenvalue weighted by atomic mass is 10.2. The molecule has 0 radical (unpaired) electrons. The molecule has 5 nitrogen and oxygen atoms in total. The molecule has 0 amide bonds. The van der Waals surface area contributed by atoms with E-state index in [4.69, 9.17) is 10.3 Å². The van der Waals surface area contributed by atoms with E-state index in [1.165, 1.54) is 0 Å². The number of halogens is 1. The number of nitrogen functional groups attached to an aromatic ring is 1. The Balaban J connectivity index is 1.88. The molecule has 2 heterocycles. The summed E-state index contributed by atoms with van der Waals surface area (Å²) in [6.07, 6.45) is 4.08. The maximum atomic E-state index is 5.78. The van der Waals surface area contributed by atoms with Crippen LogP contribution >= 0.6 is 15.9 Å². The summed E-state index contributed by atoms with van der Waals surface area (Å²) in [7, 11) is 0. The zero-order chi connectivity index (χ0) is 13.9. The van der Waals surface area contributed by atoms with Gasteiger partial charge in [0.25, 0.3) is 5.89 Å². The second-order valence-electron chi connectivity index (χ2n) is 4.29. The molecule has 2 aromatic heterocycles. The lowest BCUT2D eigenvalue weighted by Gasteiger charge is -1.99. The first-order valence-electron chi connectivity index (χ1n) is 5.99. The predicted octanol–water partition coefficient (Wildman–Crippen LogP) is 3.07. The van der Waals surface area contributed by atoms with Gasteiger partial charge in [-0.1, -0.05) is 5.16 Å². The second-order valence-corrected chi connectivity index (χ2v) is 5.14. The van der Waals surface area contributed by atoms with E-state index < -0.39 is 0 Å². The number of nitrogens with two attached hydrogens (primary N) is 1. The topological polar surface area (TPSA) is 77.8 Å². The summed E-state index contributed by atoms with van der Waals surface area (Å²) in [5.41, 5.74) is 8.30. The lowest BCUT2D eigenvalue weighted by molar-refractivity contribution is 0.423. The molecule has 3 aromatic rings. The summed E-state index contributed by atoms with van der Waals surface area (Å²) in [6.45, 7) is 0. The van der Waals surface area contributed by atoms with Gasteiger partial charge in [-0.15, -0.1) is 0 Å². The van der Waals surface area contributed by atoms with Crippen LogP contribution in [0.4, 0.5) is 5.69 Å². The molecule has 0 saturated carbocycles. The number of benzene rings is 1. The molecule has 0 fully saturated rings. The van der Waals surface area contributed by atoms with Crippen LogP contribution in [-0.2, 0) is 6.42 Å². The van der Waals surface area contributed by atoms with Crippen molar-refractivity contribution in [1.29, 1.82) is 0 Å². The molecule has 1 aromatic carbocycles. The van der Waals surface area contributed by atoms with E-state index in [1.54, 1.807) is 18.5 Å².